The van der Waals surface area contributed by atoms with Crippen LogP contribution in [0.4, 0.5) is 0 Å². The third kappa shape index (κ3) is 4.10. The molecule has 6 aromatic rings. The summed E-state index contributed by atoms with van der Waals surface area (Å²) in [7, 11) is 0. The van der Waals surface area contributed by atoms with Crippen molar-refractivity contribution in [1.82, 2.24) is 9.13 Å². The molecule has 0 saturated heterocycles. The molecular formula is C40H31N3. The first kappa shape index (κ1) is 25.4. The smallest absolute Gasteiger partial charge is 0.0991 e. The van der Waals surface area contributed by atoms with Crippen molar-refractivity contribution in [2.24, 2.45) is 5.92 Å². The van der Waals surface area contributed by atoms with Gasteiger partial charge in [0, 0.05) is 39.2 Å². The van der Waals surface area contributed by atoms with Crippen LogP contribution in [0, 0.1) is 17.2 Å². The van der Waals surface area contributed by atoms with E-state index in [4.69, 9.17) is 0 Å². The topological polar surface area (TPSA) is 33.6 Å². The number of hydrogen-bond acceptors (Lipinski definition) is 1. The zero-order valence-electron chi connectivity index (χ0n) is 24.2. The van der Waals surface area contributed by atoms with Crippen molar-refractivity contribution in [1.29, 1.82) is 5.26 Å². The van der Waals surface area contributed by atoms with Gasteiger partial charge in [0.25, 0.3) is 0 Å². The van der Waals surface area contributed by atoms with E-state index in [0.29, 0.717) is 5.56 Å². The number of fused-ring (bicyclic) bond motifs is 6. The van der Waals surface area contributed by atoms with Crippen LogP contribution in [0.1, 0.15) is 42.1 Å². The van der Waals surface area contributed by atoms with Crippen molar-refractivity contribution in [2.45, 2.75) is 26.2 Å². The summed E-state index contributed by atoms with van der Waals surface area (Å²) in [6, 6.07) is 36.5. The van der Waals surface area contributed by atoms with Gasteiger partial charge in [-0.05, 0) is 84.5 Å². The molecule has 0 bridgehead atoms. The molecule has 2 aliphatic rings. The fourth-order valence-corrected chi connectivity index (χ4v) is 7.02. The van der Waals surface area contributed by atoms with Gasteiger partial charge < -0.3 is 9.13 Å². The van der Waals surface area contributed by atoms with Gasteiger partial charge in [0.15, 0.2) is 0 Å². The summed E-state index contributed by atoms with van der Waals surface area (Å²) < 4.78 is 4.90. The molecule has 4 aromatic carbocycles. The second-order valence-corrected chi connectivity index (χ2v) is 11.7. The molecule has 0 radical (unpaired) electrons. The summed E-state index contributed by atoms with van der Waals surface area (Å²) in [5, 5.41) is 13.6. The number of allylic oxidation sites excluding steroid dienone is 7. The highest BCUT2D eigenvalue weighted by molar-refractivity contribution is 6.11. The Kier molecular flexibility index (Phi) is 6.02. The van der Waals surface area contributed by atoms with E-state index in [-0.39, 0.29) is 5.92 Å². The first-order valence-electron chi connectivity index (χ1n) is 15.1. The molecule has 0 fully saturated rings. The highest BCUT2D eigenvalue weighted by atomic mass is 15.0. The number of para-hydroxylation sites is 3. The van der Waals surface area contributed by atoms with Gasteiger partial charge in [-0.1, -0.05) is 85.8 Å². The Morgan fingerprint density at radius 2 is 1.42 bits per heavy atom. The Bertz CT molecular complexity index is 2190. The third-order valence-corrected chi connectivity index (χ3v) is 9.07. The van der Waals surface area contributed by atoms with Gasteiger partial charge in [0.05, 0.1) is 28.2 Å². The van der Waals surface area contributed by atoms with E-state index < -0.39 is 0 Å². The maximum absolute atomic E-state index is 9.78. The molecule has 8 rings (SSSR count). The molecule has 1 unspecified atom stereocenters. The molecule has 3 heteroatoms. The number of aromatic nitrogens is 2. The molecule has 2 aromatic heterocycles. The zero-order valence-corrected chi connectivity index (χ0v) is 24.2. The van der Waals surface area contributed by atoms with Crippen molar-refractivity contribution in [3.8, 4) is 6.07 Å². The molecule has 2 aliphatic carbocycles. The molecule has 1 atom stereocenters. The van der Waals surface area contributed by atoms with Crippen molar-refractivity contribution < 1.29 is 0 Å². The first-order valence-corrected chi connectivity index (χ1v) is 15.1. The van der Waals surface area contributed by atoms with Crippen LogP contribution in [-0.2, 0) is 6.42 Å². The second-order valence-electron chi connectivity index (χ2n) is 11.7. The summed E-state index contributed by atoms with van der Waals surface area (Å²) in [6.07, 6.45) is 14.7. The Labute approximate surface area is 251 Å². The van der Waals surface area contributed by atoms with Gasteiger partial charge in [-0.15, -0.1) is 0 Å². The van der Waals surface area contributed by atoms with E-state index in [1.807, 2.05) is 18.2 Å². The molecule has 0 spiro atoms. The van der Waals surface area contributed by atoms with Crippen LogP contribution < -0.4 is 0 Å². The van der Waals surface area contributed by atoms with Crippen molar-refractivity contribution in [2.75, 3.05) is 0 Å². The highest BCUT2D eigenvalue weighted by Gasteiger charge is 2.24. The lowest BCUT2D eigenvalue weighted by Crippen LogP contribution is -2.11. The summed E-state index contributed by atoms with van der Waals surface area (Å²) in [6.45, 7) is 2.34. The lowest BCUT2D eigenvalue weighted by Gasteiger charge is -2.24. The van der Waals surface area contributed by atoms with Crippen LogP contribution in [0.15, 0.2) is 121 Å². The van der Waals surface area contributed by atoms with Crippen molar-refractivity contribution in [3.63, 3.8) is 0 Å². The largest absolute Gasteiger partial charge is 0.313 e. The first-order chi connectivity index (χ1) is 21.2. The van der Waals surface area contributed by atoms with Crippen LogP contribution in [0.25, 0.3) is 55.8 Å². The fourth-order valence-electron chi connectivity index (χ4n) is 7.02. The van der Waals surface area contributed by atoms with Crippen LogP contribution in [0.2, 0.25) is 0 Å². The third-order valence-electron chi connectivity index (χ3n) is 9.07. The van der Waals surface area contributed by atoms with Gasteiger partial charge in [0.2, 0.25) is 0 Å². The van der Waals surface area contributed by atoms with Crippen LogP contribution >= 0.6 is 0 Å². The molecule has 0 saturated carbocycles. The normalized spacial score (nSPS) is 19.2. The average Bonchev–Trinajstić information content (AvgIpc) is 3.57. The second kappa shape index (κ2) is 10.2. The van der Waals surface area contributed by atoms with Crippen LogP contribution in [0.3, 0.4) is 0 Å². The Morgan fingerprint density at radius 1 is 0.744 bits per heavy atom. The van der Waals surface area contributed by atoms with Gasteiger partial charge in [-0.2, -0.15) is 5.26 Å². The molecule has 43 heavy (non-hydrogen) atoms. The molecular weight excluding hydrogens is 522 g/mol. The highest BCUT2D eigenvalue weighted by Crippen LogP contribution is 2.40. The Balaban J connectivity index is 1.41. The van der Waals surface area contributed by atoms with E-state index in [9.17, 15) is 5.26 Å². The predicted octanol–water partition coefficient (Wildman–Crippen LogP) is 10.1. The van der Waals surface area contributed by atoms with E-state index in [0.717, 1.165) is 36.1 Å². The summed E-state index contributed by atoms with van der Waals surface area (Å²) in [5.41, 5.74) is 11.6. The minimum absolute atomic E-state index is 0.251. The lowest BCUT2D eigenvalue weighted by atomic mass is 9.93. The van der Waals surface area contributed by atoms with Gasteiger partial charge in [-0.25, -0.2) is 0 Å². The molecule has 0 amide bonds. The number of aryl methyl sites for hydroxylation is 1. The molecule has 2 heterocycles. The standard InChI is InChI=1S/C40H31N3/c1-27-21-22-31(42-36-17-6-2-13-32(36)33-14-3-7-18-37(33)42)24-30(29-12-10-11-28(23-29)26-41)25-40(27)43-38-19-8-4-15-34(38)35-16-5-9-20-39(35)43/h2-4,6-15,17-20,22-25,27H,5,16,21H2,1H3/b30-24+,31-22-,40-25?. The molecule has 206 valence electrons. The van der Waals surface area contributed by atoms with Gasteiger partial charge in [0.1, 0.15) is 0 Å². The Hall–Kier alpha value is -5.33. The van der Waals surface area contributed by atoms with E-state index in [2.05, 4.69) is 131 Å². The van der Waals surface area contributed by atoms with E-state index >= 15 is 0 Å². The van der Waals surface area contributed by atoms with Gasteiger partial charge in [-0.3, -0.25) is 0 Å². The number of nitriles is 1. The number of hydrogen-bond donors (Lipinski definition) is 0. The van der Waals surface area contributed by atoms with Crippen molar-refractivity contribution >= 4 is 55.8 Å². The SMILES string of the molecule is CC1C/C=C(n2c3ccccc3c3ccccc32)/C=C(/c2cccc(C#N)c2)C=C1n1c2c(c3ccccc31)CCC=C2. The number of rotatable bonds is 3. The van der Waals surface area contributed by atoms with Crippen molar-refractivity contribution in [3.05, 3.63) is 144 Å². The summed E-state index contributed by atoms with van der Waals surface area (Å²) >= 11 is 0. The summed E-state index contributed by atoms with van der Waals surface area (Å²) in [5.74, 6) is 0.251. The van der Waals surface area contributed by atoms with E-state index in [1.165, 1.54) is 49.7 Å². The zero-order chi connectivity index (χ0) is 28.9. The van der Waals surface area contributed by atoms with Gasteiger partial charge >= 0.3 is 0 Å². The number of benzene rings is 4. The molecule has 3 nitrogen and oxygen atoms in total. The maximum Gasteiger partial charge on any atom is 0.0991 e. The average molecular weight is 554 g/mol. The maximum atomic E-state index is 9.78. The minimum atomic E-state index is 0.251. The quantitative estimate of drug-likeness (QED) is 0.215. The van der Waals surface area contributed by atoms with E-state index in [1.54, 1.807) is 0 Å². The molecule has 0 N–H and O–H groups in total. The Morgan fingerprint density at radius 3 is 2.14 bits per heavy atom. The number of nitrogens with zero attached hydrogens (tertiary/aromatic N) is 3. The lowest BCUT2D eigenvalue weighted by molar-refractivity contribution is 0.723. The minimum Gasteiger partial charge on any atom is -0.313 e. The van der Waals surface area contributed by atoms with Crippen LogP contribution in [-0.4, -0.2) is 9.13 Å². The summed E-state index contributed by atoms with van der Waals surface area (Å²) in [4.78, 5) is 0. The predicted molar refractivity (Wildman–Crippen MR) is 180 cm³/mol. The monoisotopic (exact) mass is 553 g/mol. The van der Waals surface area contributed by atoms with Crippen LogP contribution in [0.5, 0.6) is 0 Å². The molecule has 0 aliphatic heterocycles. The fraction of sp³-hybridized carbons (Fsp3) is 0.125.